The molecule has 0 saturated carbocycles. The van der Waals surface area contributed by atoms with E-state index in [1.54, 1.807) is 27.7 Å². The average molecular weight is 1290 g/mol. The van der Waals surface area contributed by atoms with Gasteiger partial charge in [-0.3, -0.25) is 25.1 Å². The molecule has 0 aliphatic heterocycles. The minimum Gasteiger partial charge on any atom is -0.508 e. The van der Waals surface area contributed by atoms with Gasteiger partial charge in [-0.15, -0.1) is 10.1 Å². The molecule has 0 aliphatic rings. The number of halogens is 4. The summed E-state index contributed by atoms with van der Waals surface area (Å²) in [4.78, 5) is 115. The third-order valence-electron chi connectivity index (χ3n) is 9.18. The molecule has 7 rings (SSSR count). The number of carbonyl (C=O) groups excluding carboxylic acids is 2. The van der Waals surface area contributed by atoms with Crippen LogP contribution < -0.4 is 16.9 Å². The Kier molecular flexibility index (Phi) is 29.2. The largest absolute Gasteiger partial charge is 0.508 e. The topological polar surface area (TPSA) is 477 Å². The van der Waals surface area contributed by atoms with Gasteiger partial charge < -0.3 is 68.2 Å². The van der Waals surface area contributed by atoms with Gasteiger partial charge in [0, 0.05) is 34.2 Å². The maximum Gasteiger partial charge on any atom is 0.355 e. The molecule has 3 aromatic heterocycles. The van der Waals surface area contributed by atoms with Crippen molar-refractivity contribution in [2.45, 2.75) is 34.6 Å². The summed E-state index contributed by atoms with van der Waals surface area (Å²) in [5, 5.41) is 90.2. The van der Waals surface area contributed by atoms with Crippen LogP contribution in [0.2, 0.25) is 20.1 Å². The first-order chi connectivity index (χ1) is 40.5. The van der Waals surface area contributed by atoms with Crippen molar-refractivity contribution in [2.75, 3.05) is 33.0 Å². The van der Waals surface area contributed by atoms with E-state index < -0.39 is 94.9 Å². The molecule has 7 aromatic rings. The van der Waals surface area contributed by atoms with Crippen LogP contribution in [0.15, 0.2) is 100 Å². The monoisotopic (exact) mass is 1290 g/mol. The van der Waals surface area contributed by atoms with Crippen LogP contribution in [-0.4, -0.2) is 102 Å². The van der Waals surface area contributed by atoms with E-state index in [-0.39, 0.29) is 78.2 Å². The lowest BCUT2D eigenvalue weighted by molar-refractivity contribution is -0.742. The second kappa shape index (κ2) is 35.0. The van der Waals surface area contributed by atoms with E-state index in [4.69, 9.17) is 105 Å². The van der Waals surface area contributed by atoms with Gasteiger partial charge in [0.2, 0.25) is 22.7 Å². The first-order valence-electron chi connectivity index (χ1n) is 23.2. The molecule has 0 atom stereocenters. The second-order valence-corrected chi connectivity index (χ2v) is 16.5. The molecule has 460 valence electrons. The Balaban J connectivity index is 0.000000367. The molecule has 0 amide bonds. The van der Waals surface area contributed by atoms with E-state index >= 15 is 0 Å². The number of aromatic hydroxyl groups is 5. The lowest BCUT2D eigenvalue weighted by Crippen LogP contribution is -2.16. The molecule has 36 heteroatoms. The van der Waals surface area contributed by atoms with E-state index in [1.807, 2.05) is 6.92 Å². The summed E-state index contributed by atoms with van der Waals surface area (Å²) in [6.45, 7) is 10.2. The van der Waals surface area contributed by atoms with Crippen LogP contribution in [0.3, 0.4) is 0 Å². The van der Waals surface area contributed by atoms with Crippen molar-refractivity contribution in [3.05, 3.63) is 171 Å². The number of carboxylic acid groups (broad SMARTS) is 1. The number of nitro benzene ring substituents is 2. The van der Waals surface area contributed by atoms with E-state index in [2.05, 4.69) is 31.0 Å². The first kappa shape index (κ1) is 71.8. The van der Waals surface area contributed by atoms with Gasteiger partial charge in [-0.2, -0.15) is 9.78 Å². The van der Waals surface area contributed by atoms with Gasteiger partial charge in [-0.1, -0.05) is 46.4 Å². The summed E-state index contributed by atoms with van der Waals surface area (Å²) in [6.07, 6.45) is 3.62. The third kappa shape index (κ3) is 21.5. The number of carbonyl (C=O) groups is 3. The Hall–Kier alpha value is -10.3. The van der Waals surface area contributed by atoms with Crippen LogP contribution in [0.4, 0.5) is 11.4 Å². The number of aromatic carboxylic acids is 1. The van der Waals surface area contributed by atoms with E-state index in [9.17, 15) is 64.3 Å². The number of carboxylic acids is 1. The van der Waals surface area contributed by atoms with Crippen LogP contribution in [0.5, 0.6) is 28.7 Å². The van der Waals surface area contributed by atoms with Crippen molar-refractivity contribution in [2.24, 2.45) is 0 Å². The first-order valence-corrected chi connectivity index (χ1v) is 24.7. The number of allylic oxidation sites excluding steroid dienone is 1. The standard InChI is InChI=1S/C12H8ClNO7.C12H9ClO5.C10H4ClNO7.C10H16O5.C6H5ClO2.HNO3/c1-2-20-11(16)6-3-5-4-7(13)9(15)8(14(18)19)10(5)21-12(6)17;1-2-17-11(15)7-3-6-4-8(13)9(14)5-10(6)18-12(7)16;11-5-2-3-1-4(9(14)15)10(16)19-8(3)6(7(5)13)12(17)18;1-4-11-9-10(15-13-6-3)7-8-14-12-5-2;7-5-2-1-4(8)3-6(5)9;2-1(3)4/h3-4,15H,2H2,1H3;3-5,14H,2H2,1H3;1-2,13H,(H,14,15);9H,4-6H2,1-3H3;1-3,8-9H;(H,2,3,4). The highest BCUT2D eigenvalue weighted by Gasteiger charge is 2.28. The zero-order valence-electron chi connectivity index (χ0n) is 44.4. The molecule has 0 bridgehead atoms. The molecule has 0 aliphatic carbocycles. The molecule has 0 saturated heterocycles. The minimum absolute atomic E-state index is 0.0110. The molecule has 0 spiro atoms. The normalized spacial score (nSPS) is 10.2. The number of benzene rings is 4. The van der Waals surface area contributed by atoms with Crippen LogP contribution in [0.25, 0.3) is 32.9 Å². The summed E-state index contributed by atoms with van der Waals surface area (Å²) in [5.74, 6) is -2.43. The van der Waals surface area contributed by atoms with Gasteiger partial charge in [0.05, 0.1) is 63.0 Å². The number of rotatable bonds is 14. The second-order valence-electron chi connectivity index (χ2n) is 14.9. The van der Waals surface area contributed by atoms with E-state index in [0.717, 1.165) is 24.3 Å². The predicted molar refractivity (Wildman–Crippen MR) is 296 cm³/mol. The molecule has 7 N–H and O–H groups in total. The number of phenolic OH excluding ortho intramolecular Hbond substituents is 5. The summed E-state index contributed by atoms with van der Waals surface area (Å²) in [5.41, 5.74) is -7.09. The van der Waals surface area contributed by atoms with Crippen molar-refractivity contribution in [1.29, 1.82) is 0 Å². The number of esters is 2. The zero-order chi connectivity index (χ0) is 65.1. The Morgan fingerprint density at radius 2 is 1.02 bits per heavy atom. The lowest BCUT2D eigenvalue weighted by Gasteiger charge is -2.05. The fourth-order valence-corrected chi connectivity index (χ4v) is 6.44. The van der Waals surface area contributed by atoms with Gasteiger partial charge in [-0.05, 0) is 83.1 Å². The van der Waals surface area contributed by atoms with Gasteiger partial charge in [0.1, 0.15) is 45.8 Å². The fourth-order valence-electron chi connectivity index (χ4n) is 5.74. The minimum atomic E-state index is -1.54. The van der Waals surface area contributed by atoms with Gasteiger partial charge in [-0.25, -0.2) is 28.8 Å². The highest BCUT2D eigenvalue weighted by atomic mass is 35.5. The van der Waals surface area contributed by atoms with Crippen LogP contribution in [-0.2, 0) is 33.8 Å². The van der Waals surface area contributed by atoms with Gasteiger partial charge in [0.15, 0.2) is 6.11 Å². The number of ether oxygens (including phenoxy) is 3. The van der Waals surface area contributed by atoms with Crippen LogP contribution in [0.1, 0.15) is 65.7 Å². The number of nitro groups is 2. The highest BCUT2D eigenvalue weighted by Crippen LogP contribution is 2.41. The van der Waals surface area contributed by atoms with E-state index in [1.165, 1.54) is 42.7 Å². The average Bonchev–Trinajstić information content (AvgIpc) is 1.29. The Labute approximate surface area is 498 Å². The Morgan fingerprint density at radius 3 is 1.45 bits per heavy atom. The maximum absolute atomic E-state index is 11.7. The summed E-state index contributed by atoms with van der Waals surface area (Å²) in [6, 6.07) is 12.1. The molecular weight excluding hydrogens is 1250 g/mol. The number of phenols is 5. The predicted octanol–water partition coefficient (Wildman–Crippen LogP) is 9.49. The van der Waals surface area contributed by atoms with Crippen molar-refractivity contribution >= 4 is 109 Å². The summed E-state index contributed by atoms with van der Waals surface area (Å²) < 4.78 is 28.7. The number of hydrogen-bond donors (Lipinski definition) is 7. The highest BCUT2D eigenvalue weighted by molar-refractivity contribution is 6.34. The smallest absolute Gasteiger partial charge is 0.355 e. The molecule has 0 fully saturated rings. The third-order valence-corrected chi connectivity index (χ3v) is 10.4. The molecule has 3 heterocycles. The lowest BCUT2D eigenvalue weighted by atomic mass is 10.1. The quantitative estimate of drug-likeness (QED) is 0.00778. The van der Waals surface area contributed by atoms with Gasteiger partial charge >= 0.3 is 46.2 Å². The van der Waals surface area contributed by atoms with Gasteiger partial charge in [0.25, 0.3) is 10.8 Å². The molecule has 0 radical (unpaired) electrons. The summed E-state index contributed by atoms with van der Waals surface area (Å²) >= 11 is 22.4. The molecule has 32 nitrogen and oxygen atoms in total. The van der Waals surface area contributed by atoms with Crippen LogP contribution in [0, 0.1) is 42.4 Å². The Bertz CT molecular complexity index is 3900. The van der Waals surface area contributed by atoms with E-state index in [0.29, 0.717) is 25.2 Å². The molecule has 86 heavy (non-hydrogen) atoms. The SMILES string of the molecule is CCOC(=O)c1cc2cc(Cl)c(O)c([N+](=O)[O-])c2oc1=O.CCOC(=O)c1cc2cc(Cl)c(O)cc2oc1=O.CCOC=C(C#COOCC)OOCC.O=C(O)c1cc2cc(Cl)c(O)c([N+](=O)[O-])c2oc1=O.O=[N+]([O-])O.Oc1ccc(Cl)c(O)c1. The van der Waals surface area contributed by atoms with Crippen molar-refractivity contribution < 1.29 is 112 Å². The number of nitrogens with zero attached hydrogens (tertiary/aromatic N) is 3. The van der Waals surface area contributed by atoms with Crippen molar-refractivity contribution in [3.63, 3.8) is 0 Å². The number of fused-ring (bicyclic) bond motifs is 3. The summed E-state index contributed by atoms with van der Waals surface area (Å²) in [7, 11) is 0. The van der Waals surface area contributed by atoms with Crippen LogP contribution >= 0.6 is 46.4 Å². The van der Waals surface area contributed by atoms with Crippen molar-refractivity contribution in [1.82, 2.24) is 0 Å². The molecule has 4 aromatic carbocycles. The van der Waals surface area contributed by atoms with Crippen molar-refractivity contribution in [3.8, 4) is 40.8 Å². The molecule has 0 unspecified atom stereocenters. The number of hydrogen-bond acceptors (Lipinski definition) is 27. The Morgan fingerprint density at radius 1 is 0.581 bits per heavy atom. The maximum atomic E-state index is 11.7. The fraction of sp³-hybridized carbons (Fsp3) is 0.200. The zero-order valence-corrected chi connectivity index (χ0v) is 47.4. The molecular formula is C50H43Cl4N3O29.